The summed E-state index contributed by atoms with van der Waals surface area (Å²) < 4.78 is 3.31. The maximum atomic E-state index is 2.30. The standard InChI is InChI=1S/2C8H17.2H2S.Sn/c2*1-3-5-7-8-6-4-2;;;/h2*1,3-8H2,2H3;2*1H2;/q;;;;+2/p-2. The van der Waals surface area contributed by atoms with E-state index in [-0.39, 0.29) is 48.1 Å². The topological polar surface area (TPSA) is 0 Å². The Balaban J connectivity index is -0.00000128. The predicted molar refractivity (Wildman–Crippen MR) is 99.6 cm³/mol. The molecule has 0 amide bonds. The van der Waals surface area contributed by atoms with Crippen LogP contribution in [0, 0.1) is 0 Å². The van der Waals surface area contributed by atoms with Crippen LogP contribution >= 0.6 is 0 Å². The summed E-state index contributed by atoms with van der Waals surface area (Å²) in [5, 5.41) is 0. The van der Waals surface area contributed by atoms with Crippen molar-refractivity contribution in [3.8, 4) is 0 Å². The average Bonchev–Trinajstić information content (AvgIpc) is 2.35. The molecule has 0 saturated heterocycles. The van der Waals surface area contributed by atoms with Gasteiger partial charge in [0.1, 0.15) is 0 Å². The van der Waals surface area contributed by atoms with Crippen LogP contribution in [-0.2, 0) is 27.0 Å². The Morgan fingerprint density at radius 1 is 0.474 bits per heavy atom. The summed E-state index contributed by atoms with van der Waals surface area (Å²) in [4.78, 5) is 0. The van der Waals surface area contributed by atoms with Gasteiger partial charge in [0, 0.05) is 0 Å². The molecule has 0 N–H and O–H groups in total. The molecule has 0 bridgehead atoms. The zero-order valence-corrected chi connectivity index (χ0v) is 17.9. The molecule has 0 rings (SSSR count). The Hall–Kier alpha value is 1.50. The molecule has 0 fully saturated rings. The van der Waals surface area contributed by atoms with Gasteiger partial charge >= 0.3 is 121 Å². The zero-order chi connectivity index (χ0) is 12.6. The zero-order valence-electron chi connectivity index (χ0n) is 13.3. The quantitative estimate of drug-likeness (QED) is 0.156. The van der Waals surface area contributed by atoms with Crippen molar-refractivity contribution in [2.45, 2.75) is 99.8 Å². The third-order valence-corrected chi connectivity index (χ3v) is 7.45. The molecule has 0 saturated carbocycles. The Kier molecular flexibility index (Phi) is 32.8. The van der Waals surface area contributed by atoms with E-state index in [2.05, 4.69) is 13.8 Å². The Bertz CT molecular complexity index is 118. The van der Waals surface area contributed by atoms with Crippen molar-refractivity contribution in [3.63, 3.8) is 0 Å². The first kappa shape index (κ1) is 25.5. The van der Waals surface area contributed by atoms with Crippen LogP contribution in [0.15, 0.2) is 0 Å². The van der Waals surface area contributed by atoms with Gasteiger partial charge in [0.15, 0.2) is 0 Å². The van der Waals surface area contributed by atoms with Gasteiger partial charge < -0.3 is 27.0 Å². The number of unbranched alkanes of at least 4 members (excludes halogenated alkanes) is 10. The third-order valence-electron chi connectivity index (χ3n) is 3.41. The van der Waals surface area contributed by atoms with Gasteiger partial charge in [-0.2, -0.15) is 0 Å². The second kappa shape index (κ2) is 24.5. The summed E-state index contributed by atoms with van der Waals surface area (Å²) in [7, 11) is 0. The van der Waals surface area contributed by atoms with Crippen LogP contribution in [0.2, 0.25) is 8.87 Å². The Morgan fingerprint density at radius 2 is 0.789 bits per heavy atom. The second-order valence-corrected chi connectivity index (χ2v) is 9.57. The van der Waals surface area contributed by atoms with Crippen molar-refractivity contribution < 1.29 is 0 Å². The van der Waals surface area contributed by atoms with E-state index < -0.39 is 0 Å². The van der Waals surface area contributed by atoms with Crippen molar-refractivity contribution in [3.05, 3.63) is 0 Å². The van der Waals surface area contributed by atoms with Crippen LogP contribution in [-0.4, -0.2) is 21.1 Å². The minimum atomic E-state index is 0. The molecule has 0 nitrogen and oxygen atoms in total. The van der Waals surface area contributed by atoms with Crippen molar-refractivity contribution in [2.24, 2.45) is 0 Å². The fourth-order valence-electron chi connectivity index (χ4n) is 2.19. The molecule has 0 spiro atoms. The summed E-state index contributed by atoms with van der Waals surface area (Å²) in [6.45, 7) is 4.60. The number of thiol groups is 2. The molecule has 0 aromatic rings. The van der Waals surface area contributed by atoms with E-state index in [1.165, 1.54) is 64.2 Å². The van der Waals surface area contributed by atoms with Crippen molar-refractivity contribution in [1.29, 1.82) is 0 Å². The van der Waals surface area contributed by atoms with Gasteiger partial charge in [-0.05, 0) is 0 Å². The first-order chi connectivity index (χ1) is 8.41. The van der Waals surface area contributed by atoms with E-state index in [4.69, 9.17) is 0 Å². The smallest absolute Gasteiger partial charge is 0.813 e. The maximum Gasteiger partial charge on any atom is -0.813 e. The van der Waals surface area contributed by atoms with Crippen LogP contribution < -0.4 is 0 Å². The van der Waals surface area contributed by atoms with Crippen molar-refractivity contribution in [2.75, 3.05) is 0 Å². The van der Waals surface area contributed by atoms with Gasteiger partial charge in [-0.1, -0.05) is 0 Å². The fourth-order valence-corrected chi connectivity index (χ4v) is 5.75. The Morgan fingerprint density at radius 3 is 1.16 bits per heavy atom. The van der Waals surface area contributed by atoms with Crippen LogP contribution in [0.5, 0.6) is 0 Å². The van der Waals surface area contributed by atoms with E-state index in [9.17, 15) is 0 Å². The molecular weight excluding hydrogens is 375 g/mol. The molecule has 3 heteroatoms. The minimum absolute atomic E-state index is 0. The first-order valence-electron chi connectivity index (χ1n) is 8.12. The molecular formula is C16H36S2Sn. The molecule has 0 heterocycles. The summed E-state index contributed by atoms with van der Waals surface area (Å²) >= 11 is 0.0736. The Labute approximate surface area is 147 Å². The molecule has 19 heavy (non-hydrogen) atoms. The number of rotatable bonds is 14. The maximum absolute atomic E-state index is 2.30. The molecule has 0 aliphatic rings. The molecule has 0 radical (unpaired) electrons. The van der Waals surface area contributed by atoms with Gasteiger partial charge in [-0.25, -0.2) is 0 Å². The summed E-state index contributed by atoms with van der Waals surface area (Å²) in [6, 6.07) is 0. The molecule has 116 valence electrons. The van der Waals surface area contributed by atoms with Crippen LogP contribution in [0.3, 0.4) is 0 Å². The van der Waals surface area contributed by atoms with E-state index in [1.807, 2.05) is 0 Å². The summed E-state index contributed by atoms with van der Waals surface area (Å²) in [5.74, 6) is 0. The molecule has 0 atom stereocenters. The normalized spacial score (nSPS) is 9.37. The van der Waals surface area contributed by atoms with Gasteiger partial charge in [-0.3, -0.25) is 0 Å². The molecule has 0 aromatic carbocycles. The largest absolute Gasteiger partial charge is 0.813 e. The number of hydrogen-bond donors (Lipinski definition) is 0. The molecule has 0 aliphatic heterocycles. The van der Waals surface area contributed by atoms with Gasteiger partial charge in [-0.15, -0.1) is 0 Å². The fraction of sp³-hybridized carbons (Fsp3) is 1.00. The van der Waals surface area contributed by atoms with Gasteiger partial charge in [0.05, 0.1) is 0 Å². The monoisotopic (exact) mass is 412 g/mol. The van der Waals surface area contributed by atoms with Crippen molar-refractivity contribution >= 4 is 48.1 Å². The van der Waals surface area contributed by atoms with Crippen LogP contribution in [0.4, 0.5) is 0 Å². The SMILES string of the molecule is CCCCCCC[CH2][Sn+2][CH2]CCCCCCC.[SH-].[SH-]. The van der Waals surface area contributed by atoms with Gasteiger partial charge in [0.25, 0.3) is 0 Å². The summed E-state index contributed by atoms with van der Waals surface area (Å²) in [6.07, 6.45) is 17.8. The van der Waals surface area contributed by atoms with E-state index >= 15 is 0 Å². The minimum Gasteiger partial charge on any atom is -0.813 e. The second-order valence-electron chi connectivity index (χ2n) is 5.29. The van der Waals surface area contributed by atoms with E-state index in [1.54, 1.807) is 21.7 Å². The van der Waals surface area contributed by atoms with Crippen LogP contribution in [0.1, 0.15) is 90.9 Å². The van der Waals surface area contributed by atoms with E-state index in [0.29, 0.717) is 0 Å². The van der Waals surface area contributed by atoms with Crippen molar-refractivity contribution in [1.82, 2.24) is 0 Å². The average molecular weight is 411 g/mol. The molecule has 0 aromatic heterocycles. The molecule has 0 aliphatic carbocycles. The van der Waals surface area contributed by atoms with Crippen LogP contribution in [0.25, 0.3) is 0 Å². The van der Waals surface area contributed by atoms with Gasteiger partial charge in [0.2, 0.25) is 0 Å². The predicted octanol–water partition coefficient (Wildman–Crippen LogP) is 5.71. The summed E-state index contributed by atoms with van der Waals surface area (Å²) in [5.41, 5.74) is 0. The first-order valence-corrected chi connectivity index (χ1v) is 12.2. The number of hydrogen-bond acceptors (Lipinski definition) is 2. The third kappa shape index (κ3) is 24.9. The molecule has 0 unspecified atom stereocenters. The van der Waals surface area contributed by atoms with E-state index in [0.717, 1.165) is 0 Å².